The Morgan fingerprint density at radius 1 is 1.29 bits per heavy atom. The summed E-state index contributed by atoms with van der Waals surface area (Å²) in [6.07, 6.45) is 2.60. The van der Waals surface area contributed by atoms with Gasteiger partial charge in [-0.15, -0.1) is 0 Å². The van der Waals surface area contributed by atoms with Gasteiger partial charge in [-0.2, -0.15) is 0 Å². The van der Waals surface area contributed by atoms with Gasteiger partial charge in [0.25, 0.3) is 0 Å². The molecule has 1 aromatic carbocycles. The number of aliphatic carboxylic acids is 1. The highest BCUT2D eigenvalue weighted by Crippen LogP contribution is 2.18. The summed E-state index contributed by atoms with van der Waals surface area (Å²) in [5.41, 5.74) is 1.22. The zero-order valence-corrected chi connectivity index (χ0v) is 12.5. The first-order chi connectivity index (χ1) is 10.2. The molecule has 0 bridgehead atoms. The Labute approximate surface area is 125 Å². The van der Waals surface area contributed by atoms with Crippen molar-refractivity contribution in [3.63, 3.8) is 0 Å². The van der Waals surface area contributed by atoms with Crippen LogP contribution < -0.4 is 4.74 Å². The maximum absolute atomic E-state index is 10.4. The molecule has 5 nitrogen and oxygen atoms in total. The normalized spacial score (nSPS) is 16.8. The smallest absolute Gasteiger partial charge is 0.341 e. The molecule has 0 spiro atoms. The van der Waals surface area contributed by atoms with Gasteiger partial charge in [0.2, 0.25) is 0 Å². The van der Waals surface area contributed by atoms with Gasteiger partial charge < -0.3 is 14.6 Å². The molecule has 0 amide bonds. The summed E-state index contributed by atoms with van der Waals surface area (Å²) in [5.74, 6) is -0.368. The Kier molecular flexibility index (Phi) is 6.02. The number of nitrogens with zero attached hydrogens (tertiary/aromatic N) is 1. The summed E-state index contributed by atoms with van der Waals surface area (Å²) in [4.78, 5) is 12.9. The summed E-state index contributed by atoms with van der Waals surface area (Å²) in [5, 5.41) is 8.56. The maximum Gasteiger partial charge on any atom is 0.341 e. The van der Waals surface area contributed by atoms with E-state index in [1.54, 1.807) is 0 Å². The summed E-state index contributed by atoms with van der Waals surface area (Å²) in [6.45, 7) is 5.56. The number of hydrogen-bond donors (Lipinski definition) is 1. The summed E-state index contributed by atoms with van der Waals surface area (Å²) >= 11 is 0. The number of hydrogen-bond acceptors (Lipinski definition) is 4. The SMILES string of the molecule is CCOC1CCN(Cc2ccc(OCC(=O)O)cc2)CC1. The third kappa shape index (κ3) is 5.36. The Hall–Kier alpha value is -1.59. The van der Waals surface area contributed by atoms with Gasteiger partial charge in [0, 0.05) is 26.2 Å². The Bertz CT molecular complexity index is 438. The van der Waals surface area contributed by atoms with E-state index < -0.39 is 5.97 Å². The van der Waals surface area contributed by atoms with Gasteiger partial charge >= 0.3 is 5.97 Å². The van der Waals surface area contributed by atoms with Crippen molar-refractivity contribution in [2.75, 3.05) is 26.3 Å². The van der Waals surface area contributed by atoms with Crippen LogP contribution in [-0.2, 0) is 16.1 Å². The number of likely N-dealkylation sites (tertiary alicyclic amines) is 1. The lowest BCUT2D eigenvalue weighted by molar-refractivity contribution is -0.139. The molecule has 0 radical (unpaired) electrons. The van der Waals surface area contributed by atoms with Gasteiger partial charge in [-0.1, -0.05) is 12.1 Å². The molecule has 1 aromatic rings. The van der Waals surface area contributed by atoms with Crippen LogP contribution in [0.15, 0.2) is 24.3 Å². The van der Waals surface area contributed by atoms with Gasteiger partial charge in [-0.3, -0.25) is 4.90 Å². The number of piperidine rings is 1. The molecule has 116 valence electrons. The fourth-order valence-electron chi connectivity index (χ4n) is 2.56. The van der Waals surface area contributed by atoms with Crippen LogP contribution in [0.25, 0.3) is 0 Å². The molecule has 1 aliphatic rings. The van der Waals surface area contributed by atoms with E-state index in [2.05, 4.69) is 4.90 Å². The molecule has 1 fully saturated rings. The quantitative estimate of drug-likeness (QED) is 0.834. The topological polar surface area (TPSA) is 59.0 Å². The van der Waals surface area contributed by atoms with Crippen molar-refractivity contribution >= 4 is 5.97 Å². The Balaban J connectivity index is 1.77. The van der Waals surface area contributed by atoms with Crippen LogP contribution in [0.1, 0.15) is 25.3 Å². The molecule has 1 heterocycles. The van der Waals surface area contributed by atoms with Crippen LogP contribution in [0.2, 0.25) is 0 Å². The number of benzene rings is 1. The molecular weight excluding hydrogens is 270 g/mol. The molecule has 5 heteroatoms. The third-order valence-corrected chi connectivity index (χ3v) is 3.63. The largest absolute Gasteiger partial charge is 0.482 e. The van der Waals surface area contributed by atoms with Crippen molar-refractivity contribution < 1.29 is 19.4 Å². The maximum atomic E-state index is 10.4. The monoisotopic (exact) mass is 293 g/mol. The minimum atomic E-state index is -0.962. The predicted octanol–water partition coefficient (Wildman–Crippen LogP) is 2.15. The van der Waals surface area contributed by atoms with E-state index in [0.29, 0.717) is 11.9 Å². The number of rotatable bonds is 7. The minimum Gasteiger partial charge on any atom is -0.482 e. The summed E-state index contributed by atoms with van der Waals surface area (Å²) in [7, 11) is 0. The van der Waals surface area contributed by atoms with Crippen LogP contribution in [-0.4, -0.2) is 48.4 Å². The predicted molar refractivity (Wildman–Crippen MR) is 79.5 cm³/mol. The molecule has 0 atom stereocenters. The van der Waals surface area contributed by atoms with Crippen molar-refractivity contribution in [3.8, 4) is 5.75 Å². The molecule has 0 unspecified atom stereocenters. The first-order valence-electron chi connectivity index (χ1n) is 7.45. The van der Waals surface area contributed by atoms with Gasteiger partial charge in [-0.05, 0) is 37.5 Å². The fourth-order valence-corrected chi connectivity index (χ4v) is 2.56. The average molecular weight is 293 g/mol. The van der Waals surface area contributed by atoms with E-state index in [0.717, 1.165) is 39.1 Å². The zero-order valence-electron chi connectivity index (χ0n) is 12.5. The van der Waals surface area contributed by atoms with Crippen molar-refractivity contribution in [3.05, 3.63) is 29.8 Å². The van der Waals surface area contributed by atoms with E-state index in [1.165, 1.54) is 5.56 Å². The van der Waals surface area contributed by atoms with Crippen molar-refractivity contribution in [1.29, 1.82) is 0 Å². The van der Waals surface area contributed by atoms with Gasteiger partial charge in [0.05, 0.1) is 6.10 Å². The highest BCUT2D eigenvalue weighted by Gasteiger charge is 2.19. The van der Waals surface area contributed by atoms with Crippen LogP contribution >= 0.6 is 0 Å². The first-order valence-corrected chi connectivity index (χ1v) is 7.45. The molecule has 1 N–H and O–H groups in total. The second-order valence-corrected chi connectivity index (χ2v) is 5.26. The van der Waals surface area contributed by atoms with Crippen LogP contribution in [0.5, 0.6) is 5.75 Å². The molecular formula is C16H23NO4. The minimum absolute atomic E-state index is 0.301. The van der Waals surface area contributed by atoms with Crippen molar-refractivity contribution in [2.24, 2.45) is 0 Å². The first kappa shape index (κ1) is 15.8. The summed E-state index contributed by atoms with van der Waals surface area (Å²) < 4.78 is 10.8. The molecule has 1 aliphatic heterocycles. The summed E-state index contributed by atoms with van der Waals surface area (Å²) in [6, 6.07) is 7.63. The van der Waals surface area contributed by atoms with Crippen molar-refractivity contribution in [1.82, 2.24) is 4.90 Å². The molecule has 21 heavy (non-hydrogen) atoms. The standard InChI is InChI=1S/C16H23NO4/c1-2-20-15-7-9-17(10-8-15)11-13-3-5-14(6-4-13)21-12-16(18)19/h3-6,15H,2,7-12H2,1H3,(H,18,19). The van der Waals surface area contributed by atoms with Crippen LogP contribution in [0.3, 0.4) is 0 Å². The lowest BCUT2D eigenvalue weighted by atomic mass is 10.1. The Morgan fingerprint density at radius 2 is 1.95 bits per heavy atom. The number of carboxylic acids is 1. The second kappa shape index (κ2) is 8.00. The molecule has 0 aromatic heterocycles. The lowest BCUT2D eigenvalue weighted by Crippen LogP contribution is -2.36. The number of carboxylic acid groups (broad SMARTS) is 1. The van der Waals surface area contributed by atoms with E-state index in [9.17, 15) is 4.79 Å². The fraction of sp³-hybridized carbons (Fsp3) is 0.562. The molecule has 0 saturated carbocycles. The van der Waals surface area contributed by atoms with Crippen molar-refractivity contribution in [2.45, 2.75) is 32.4 Å². The number of carbonyl (C=O) groups is 1. The third-order valence-electron chi connectivity index (χ3n) is 3.63. The van der Waals surface area contributed by atoms with Crippen LogP contribution in [0.4, 0.5) is 0 Å². The Morgan fingerprint density at radius 3 is 2.52 bits per heavy atom. The second-order valence-electron chi connectivity index (χ2n) is 5.26. The average Bonchev–Trinajstić information content (AvgIpc) is 2.49. The highest BCUT2D eigenvalue weighted by molar-refractivity contribution is 5.68. The van der Waals surface area contributed by atoms with E-state index in [4.69, 9.17) is 14.6 Å². The molecule has 0 aliphatic carbocycles. The van der Waals surface area contributed by atoms with E-state index >= 15 is 0 Å². The van der Waals surface area contributed by atoms with Gasteiger partial charge in [0.1, 0.15) is 5.75 Å². The molecule has 2 rings (SSSR count). The lowest BCUT2D eigenvalue weighted by Gasteiger charge is -2.31. The number of ether oxygens (including phenoxy) is 2. The van der Waals surface area contributed by atoms with Gasteiger partial charge in [0.15, 0.2) is 6.61 Å². The van der Waals surface area contributed by atoms with E-state index in [-0.39, 0.29) is 6.61 Å². The zero-order chi connectivity index (χ0) is 15.1. The van der Waals surface area contributed by atoms with Gasteiger partial charge in [-0.25, -0.2) is 4.79 Å². The molecule has 1 saturated heterocycles. The van der Waals surface area contributed by atoms with E-state index in [1.807, 2.05) is 31.2 Å². The highest BCUT2D eigenvalue weighted by atomic mass is 16.5. The van der Waals surface area contributed by atoms with Crippen LogP contribution in [0, 0.1) is 0 Å².